The Morgan fingerprint density at radius 1 is 1.24 bits per heavy atom. The molecule has 1 atom stereocenters. The lowest BCUT2D eigenvalue weighted by Gasteiger charge is -2.35. The number of aromatic nitrogens is 4. The fraction of sp³-hybridized carbons (Fsp3) is 0.526. The van der Waals surface area contributed by atoms with Gasteiger partial charge in [-0.25, -0.2) is 15.1 Å². The molecule has 9 nitrogen and oxygen atoms in total. The summed E-state index contributed by atoms with van der Waals surface area (Å²) in [6.07, 6.45) is -0.911. The maximum absolute atomic E-state index is 12.6. The van der Waals surface area contributed by atoms with E-state index < -0.39 is 11.9 Å². The SMILES string of the molecule is C[C@@H](COCCC(=O)N1CCN(c2cnc(C(F)(F)F)cn2)CC1)Sc1cn[nH]c(=O)c1Br. The van der Waals surface area contributed by atoms with Gasteiger partial charge in [0.2, 0.25) is 5.91 Å². The summed E-state index contributed by atoms with van der Waals surface area (Å²) in [5, 5.41) is 6.16. The molecule has 0 unspecified atom stereocenters. The number of amides is 1. The molecule has 1 fully saturated rings. The summed E-state index contributed by atoms with van der Waals surface area (Å²) in [7, 11) is 0. The molecular weight excluding hydrogens is 529 g/mol. The molecule has 0 aliphatic carbocycles. The molecule has 0 radical (unpaired) electrons. The molecule has 1 saturated heterocycles. The Morgan fingerprint density at radius 3 is 2.61 bits per heavy atom. The maximum atomic E-state index is 12.6. The summed E-state index contributed by atoms with van der Waals surface area (Å²) in [6, 6.07) is 0. The zero-order valence-corrected chi connectivity index (χ0v) is 20.0. The van der Waals surface area contributed by atoms with Crippen molar-refractivity contribution in [2.45, 2.75) is 29.7 Å². The van der Waals surface area contributed by atoms with Crippen molar-refractivity contribution in [1.29, 1.82) is 0 Å². The molecule has 3 rings (SSSR count). The Bertz CT molecular complexity index is 1000. The van der Waals surface area contributed by atoms with Gasteiger partial charge in [-0.05, 0) is 15.9 Å². The first-order valence-corrected chi connectivity index (χ1v) is 11.7. The molecule has 2 aromatic rings. The van der Waals surface area contributed by atoms with Crippen LogP contribution in [0.3, 0.4) is 0 Å². The number of piperazine rings is 1. The van der Waals surface area contributed by atoms with Crippen molar-refractivity contribution in [3.63, 3.8) is 0 Å². The largest absolute Gasteiger partial charge is 0.434 e. The lowest BCUT2D eigenvalue weighted by molar-refractivity contribution is -0.141. The van der Waals surface area contributed by atoms with E-state index in [4.69, 9.17) is 4.74 Å². The van der Waals surface area contributed by atoms with Gasteiger partial charge in [-0.15, -0.1) is 11.8 Å². The van der Waals surface area contributed by atoms with Crippen molar-refractivity contribution >= 4 is 39.4 Å². The fourth-order valence-electron chi connectivity index (χ4n) is 3.08. The summed E-state index contributed by atoms with van der Waals surface area (Å²) in [4.78, 5) is 35.5. The van der Waals surface area contributed by atoms with Gasteiger partial charge >= 0.3 is 6.18 Å². The molecule has 0 bridgehead atoms. The minimum Gasteiger partial charge on any atom is -0.380 e. The molecule has 1 aliphatic rings. The van der Waals surface area contributed by atoms with E-state index in [1.165, 1.54) is 11.8 Å². The molecule has 0 aromatic carbocycles. The minimum absolute atomic E-state index is 0.0463. The van der Waals surface area contributed by atoms with Gasteiger partial charge in [0.25, 0.3) is 5.56 Å². The van der Waals surface area contributed by atoms with E-state index in [0.29, 0.717) is 54.2 Å². The summed E-state index contributed by atoms with van der Waals surface area (Å²) >= 11 is 4.68. The number of rotatable bonds is 8. The first kappa shape index (κ1) is 25.4. The first-order valence-electron chi connectivity index (χ1n) is 10.0. The summed E-state index contributed by atoms with van der Waals surface area (Å²) in [5.41, 5.74) is -1.33. The smallest absolute Gasteiger partial charge is 0.380 e. The van der Waals surface area contributed by atoms with Crippen LogP contribution in [0.5, 0.6) is 0 Å². The number of nitrogens with zero attached hydrogens (tertiary/aromatic N) is 5. The van der Waals surface area contributed by atoms with Gasteiger partial charge in [0.15, 0.2) is 5.69 Å². The van der Waals surface area contributed by atoms with E-state index >= 15 is 0 Å². The van der Waals surface area contributed by atoms with Gasteiger partial charge in [-0.1, -0.05) is 6.92 Å². The van der Waals surface area contributed by atoms with E-state index in [0.717, 1.165) is 6.20 Å². The minimum atomic E-state index is -4.52. The Balaban J connectivity index is 1.36. The zero-order chi connectivity index (χ0) is 24.0. The third-order valence-corrected chi connectivity index (χ3v) is 6.94. The first-order chi connectivity index (χ1) is 15.6. The highest BCUT2D eigenvalue weighted by atomic mass is 79.9. The van der Waals surface area contributed by atoms with Crippen molar-refractivity contribution in [2.24, 2.45) is 0 Å². The Labute approximate surface area is 200 Å². The van der Waals surface area contributed by atoms with Crippen LogP contribution < -0.4 is 10.5 Å². The van der Waals surface area contributed by atoms with Crippen LogP contribution in [0.15, 0.2) is 32.8 Å². The number of thioether (sulfide) groups is 1. The molecule has 1 N–H and O–H groups in total. The lowest BCUT2D eigenvalue weighted by atomic mass is 10.3. The Hall–Kier alpha value is -2.19. The van der Waals surface area contributed by atoms with Gasteiger partial charge in [0.05, 0.1) is 42.7 Å². The number of halogens is 4. The van der Waals surface area contributed by atoms with Crippen molar-refractivity contribution in [1.82, 2.24) is 25.1 Å². The third kappa shape index (κ3) is 7.14. The second-order valence-electron chi connectivity index (χ2n) is 7.26. The summed E-state index contributed by atoms with van der Waals surface area (Å²) in [5.74, 6) is 0.308. The van der Waals surface area contributed by atoms with E-state index in [1.807, 2.05) is 6.92 Å². The molecule has 3 heterocycles. The van der Waals surface area contributed by atoms with Crippen molar-refractivity contribution in [3.05, 3.63) is 39.1 Å². The van der Waals surface area contributed by atoms with Crippen molar-refractivity contribution in [2.75, 3.05) is 44.3 Å². The Morgan fingerprint density at radius 2 is 1.97 bits per heavy atom. The highest BCUT2D eigenvalue weighted by Crippen LogP contribution is 2.28. The molecule has 1 amide bonds. The molecular formula is C19H22BrF3N6O3S. The monoisotopic (exact) mass is 550 g/mol. The fourth-order valence-corrected chi connectivity index (χ4v) is 4.46. The van der Waals surface area contributed by atoms with Crippen LogP contribution in [-0.4, -0.2) is 75.6 Å². The molecule has 1 aliphatic heterocycles. The predicted molar refractivity (Wildman–Crippen MR) is 119 cm³/mol. The second-order valence-corrected chi connectivity index (χ2v) is 9.53. The third-order valence-electron chi connectivity index (χ3n) is 4.79. The van der Waals surface area contributed by atoms with Gasteiger partial charge in [0, 0.05) is 36.3 Å². The predicted octanol–water partition coefficient (Wildman–Crippen LogP) is 2.58. The van der Waals surface area contributed by atoms with Crippen molar-refractivity contribution < 1.29 is 22.7 Å². The zero-order valence-electron chi connectivity index (χ0n) is 17.6. The van der Waals surface area contributed by atoms with E-state index in [9.17, 15) is 22.8 Å². The number of alkyl halides is 3. The van der Waals surface area contributed by atoms with Gasteiger partial charge in [0.1, 0.15) is 5.82 Å². The molecule has 180 valence electrons. The number of hydrogen-bond acceptors (Lipinski definition) is 8. The number of anilines is 1. The average molecular weight is 551 g/mol. The van der Waals surface area contributed by atoms with Gasteiger partial charge in [-0.2, -0.15) is 18.3 Å². The van der Waals surface area contributed by atoms with Crippen molar-refractivity contribution in [3.8, 4) is 0 Å². The van der Waals surface area contributed by atoms with Gasteiger partial charge < -0.3 is 14.5 Å². The quantitative estimate of drug-likeness (QED) is 0.395. The van der Waals surface area contributed by atoms with Crippen LogP contribution in [0, 0.1) is 0 Å². The summed E-state index contributed by atoms with van der Waals surface area (Å²) in [6.45, 7) is 4.41. The Kier molecular flexibility index (Phi) is 8.70. The van der Waals surface area contributed by atoms with E-state index in [1.54, 1.807) is 16.0 Å². The van der Waals surface area contributed by atoms with Crippen LogP contribution in [0.1, 0.15) is 19.0 Å². The number of ether oxygens (including phenoxy) is 1. The van der Waals surface area contributed by atoms with Crippen LogP contribution in [-0.2, 0) is 15.7 Å². The topological polar surface area (TPSA) is 104 Å². The van der Waals surface area contributed by atoms with Crippen LogP contribution in [0.2, 0.25) is 0 Å². The normalized spacial score (nSPS) is 15.5. The molecule has 14 heteroatoms. The average Bonchev–Trinajstić information content (AvgIpc) is 2.79. The van der Waals surface area contributed by atoms with E-state index in [2.05, 4.69) is 36.1 Å². The number of carbonyl (C=O) groups excluding carboxylic acids is 1. The maximum Gasteiger partial charge on any atom is 0.434 e. The number of carbonyl (C=O) groups is 1. The van der Waals surface area contributed by atoms with Crippen LogP contribution in [0.25, 0.3) is 0 Å². The molecule has 0 saturated carbocycles. The van der Waals surface area contributed by atoms with E-state index in [-0.39, 0.29) is 29.7 Å². The number of aromatic amines is 1. The number of hydrogen-bond donors (Lipinski definition) is 1. The summed E-state index contributed by atoms with van der Waals surface area (Å²) < 4.78 is 43.9. The lowest BCUT2D eigenvalue weighted by Crippen LogP contribution is -2.49. The highest BCUT2D eigenvalue weighted by molar-refractivity contribution is 9.10. The molecule has 2 aromatic heterocycles. The van der Waals surface area contributed by atoms with Crippen LogP contribution >= 0.6 is 27.7 Å². The highest BCUT2D eigenvalue weighted by Gasteiger charge is 2.33. The van der Waals surface area contributed by atoms with Crippen LogP contribution in [0.4, 0.5) is 19.0 Å². The number of H-pyrrole nitrogens is 1. The van der Waals surface area contributed by atoms with Gasteiger partial charge in [-0.3, -0.25) is 9.59 Å². The molecule has 33 heavy (non-hydrogen) atoms. The number of nitrogens with one attached hydrogen (secondary N) is 1. The standard InChI is InChI=1S/C19H22BrF3N6O3S/c1-12(33-13-8-26-27-18(31)17(13)20)11-32-7-2-16(30)29-5-3-28(4-6-29)15-10-24-14(9-25-15)19(21,22)23/h8-10,12H,2-7,11H2,1H3,(H,27,31)/t12-/m0/s1. The second kappa shape index (κ2) is 11.3. The molecule has 0 spiro atoms.